The first-order valence-corrected chi connectivity index (χ1v) is 10.7. The van der Waals surface area contributed by atoms with E-state index in [4.69, 9.17) is 4.74 Å². The number of hydrogen-bond donors (Lipinski definition) is 2. The Morgan fingerprint density at radius 1 is 1.03 bits per heavy atom. The van der Waals surface area contributed by atoms with E-state index in [2.05, 4.69) is 26.9 Å². The molecule has 3 aromatic rings. The zero-order chi connectivity index (χ0) is 22.4. The molecular formula is C22H25N5O3S. The van der Waals surface area contributed by atoms with E-state index in [1.165, 1.54) is 11.8 Å². The van der Waals surface area contributed by atoms with E-state index in [-0.39, 0.29) is 24.0 Å². The maximum atomic E-state index is 12.4. The first-order valence-electron chi connectivity index (χ1n) is 9.68. The third-order valence-corrected chi connectivity index (χ3v) is 5.48. The molecule has 31 heavy (non-hydrogen) atoms. The SMILES string of the molecule is COc1ccccc1NC(=O)Cc1nnc(SCC(=O)Nc2cc(C)cc(C)c2)n1C. The zero-order valence-corrected chi connectivity index (χ0v) is 18.7. The summed E-state index contributed by atoms with van der Waals surface area (Å²) in [5, 5.41) is 14.5. The molecule has 0 aliphatic heterocycles. The highest BCUT2D eigenvalue weighted by molar-refractivity contribution is 7.99. The van der Waals surface area contributed by atoms with Crippen LogP contribution in [0, 0.1) is 13.8 Å². The van der Waals surface area contributed by atoms with Crippen molar-refractivity contribution in [3.63, 3.8) is 0 Å². The van der Waals surface area contributed by atoms with Gasteiger partial charge < -0.3 is 19.9 Å². The number of carbonyl (C=O) groups is 2. The van der Waals surface area contributed by atoms with Gasteiger partial charge in [0.1, 0.15) is 11.6 Å². The number of para-hydroxylation sites is 2. The van der Waals surface area contributed by atoms with E-state index in [1.54, 1.807) is 30.9 Å². The lowest BCUT2D eigenvalue weighted by Crippen LogP contribution is -2.17. The molecule has 0 aliphatic rings. The fraction of sp³-hybridized carbons (Fsp3) is 0.273. The van der Waals surface area contributed by atoms with Crippen molar-refractivity contribution in [1.29, 1.82) is 0 Å². The Morgan fingerprint density at radius 2 is 1.74 bits per heavy atom. The number of aromatic nitrogens is 3. The van der Waals surface area contributed by atoms with Gasteiger partial charge in [0.25, 0.3) is 0 Å². The lowest BCUT2D eigenvalue weighted by atomic mass is 10.1. The molecule has 162 valence electrons. The Labute approximate surface area is 185 Å². The zero-order valence-electron chi connectivity index (χ0n) is 17.9. The molecule has 2 amide bonds. The van der Waals surface area contributed by atoms with Crippen LogP contribution in [0.15, 0.2) is 47.6 Å². The normalized spacial score (nSPS) is 10.6. The van der Waals surface area contributed by atoms with Gasteiger partial charge in [-0.25, -0.2) is 0 Å². The van der Waals surface area contributed by atoms with Crippen molar-refractivity contribution in [2.75, 3.05) is 23.5 Å². The molecule has 0 bridgehead atoms. The Hall–Kier alpha value is -3.33. The summed E-state index contributed by atoms with van der Waals surface area (Å²) in [5.74, 6) is 0.911. The molecule has 0 saturated carbocycles. The van der Waals surface area contributed by atoms with Crippen molar-refractivity contribution in [1.82, 2.24) is 14.8 Å². The summed E-state index contributed by atoms with van der Waals surface area (Å²) in [7, 11) is 3.32. The summed E-state index contributed by atoms with van der Waals surface area (Å²) in [6, 6.07) is 13.1. The highest BCUT2D eigenvalue weighted by Gasteiger charge is 2.15. The van der Waals surface area contributed by atoms with Gasteiger partial charge in [-0.1, -0.05) is 30.0 Å². The third-order valence-electron chi connectivity index (χ3n) is 4.46. The summed E-state index contributed by atoms with van der Waals surface area (Å²) < 4.78 is 6.96. The lowest BCUT2D eigenvalue weighted by molar-refractivity contribution is -0.116. The summed E-state index contributed by atoms with van der Waals surface area (Å²) in [4.78, 5) is 24.7. The number of anilines is 2. The van der Waals surface area contributed by atoms with Crippen molar-refractivity contribution in [3.05, 3.63) is 59.4 Å². The molecule has 0 aliphatic carbocycles. The first-order chi connectivity index (χ1) is 14.9. The number of carbonyl (C=O) groups excluding carboxylic acids is 2. The van der Waals surface area contributed by atoms with Gasteiger partial charge in [0.05, 0.1) is 25.0 Å². The maximum absolute atomic E-state index is 12.4. The Kier molecular flexibility index (Phi) is 7.30. The summed E-state index contributed by atoms with van der Waals surface area (Å²) in [6.07, 6.45) is 0.0525. The van der Waals surface area contributed by atoms with Gasteiger partial charge in [-0.05, 0) is 49.2 Å². The summed E-state index contributed by atoms with van der Waals surface area (Å²) >= 11 is 1.27. The van der Waals surface area contributed by atoms with Gasteiger partial charge in [0.15, 0.2) is 5.16 Å². The number of aryl methyl sites for hydroxylation is 2. The van der Waals surface area contributed by atoms with Crippen LogP contribution in [0.2, 0.25) is 0 Å². The number of nitrogens with zero attached hydrogens (tertiary/aromatic N) is 3. The quantitative estimate of drug-likeness (QED) is 0.523. The minimum atomic E-state index is -0.232. The summed E-state index contributed by atoms with van der Waals surface area (Å²) in [5.41, 5.74) is 3.55. The number of thioether (sulfide) groups is 1. The van der Waals surface area contributed by atoms with Gasteiger partial charge in [0.2, 0.25) is 11.8 Å². The highest BCUT2D eigenvalue weighted by atomic mass is 32.2. The maximum Gasteiger partial charge on any atom is 0.234 e. The van der Waals surface area contributed by atoms with Crippen molar-refractivity contribution in [3.8, 4) is 5.75 Å². The van der Waals surface area contributed by atoms with E-state index in [1.807, 2.05) is 38.1 Å². The van der Waals surface area contributed by atoms with Crippen LogP contribution in [-0.4, -0.2) is 39.4 Å². The Bertz CT molecular complexity index is 1080. The van der Waals surface area contributed by atoms with E-state index in [0.29, 0.717) is 22.4 Å². The van der Waals surface area contributed by atoms with Crippen LogP contribution in [0.1, 0.15) is 17.0 Å². The molecule has 8 nitrogen and oxygen atoms in total. The minimum absolute atomic E-state index is 0.0525. The second-order valence-electron chi connectivity index (χ2n) is 7.10. The van der Waals surface area contributed by atoms with Gasteiger partial charge in [-0.2, -0.15) is 0 Å². The molecule has 3 rings (SSSR count). The van der Waals surface area contributed by atoms with Gasteiger partial charge >= 0.3 is 0 Å². The number of nitrogens with one attached hydrogen (secondary N) is 2. The predicted octanol–water partition coefficient (Wildman–Crippen LogP) is 3.35. The van der Waals surface area contributed by atoms with Crippen molar-refractivity contribution < 1.29 is 14.3 Å². The van der Waals surface area contributed by atoms with Crippen LogP contribution in [0.5, 0.6) is 5.75 Å². The smallest absolute Gasteiger partial charge is 0.234 e. The predicted molar refractivity (Wildman–Crippen MR) is 122 cm³/mol. The van der Waals surface area contributed by atoms with E-state index in [9.17, 15) is 9.59 Å². The number of hydrogen-bond acceptors (Lipinski definition) is 6. The highest BCUT2D eigenvalue weighted by Crippen LogP contribution is 2.23. The van der Waals surface area contributed by atoms with Crippen LogP contribution in [0.4, 0.5) is 11.4 Å². The Morgan fingerprint density at radius 3 is 2.45 bits per heavy atom. The molecule has 0 spiro atoms. The van der Waals surface area contributed by atoms with Crippen molar-refractivity contribution >= 4 is 35.0 Å². The molecule has 0 radical (unpaired) electrons. The molecule has 0 unspecified atom stereocenters. The Balaban J connectivity index is 1.56. The number of amides is 2. The van der Waals surface area contributed by atoms with Crippen LogP contribution in [-0.2, 0) is 23.1 Å². The topological polar surface area (TPSA) is 98.1 Å². The standard InChI is InChI=1S/C22H25N5O3S/c1-14-9-15(2)11-16(10-14)23-21(29)13-31-22-26-25-19(27(22)3)12-20(28)24-17-7-5-6-8-18(17)30-4/h5-11H,12-13H2,1-4H3,(H,23,29)(H,24,28). The van der Waals surface area contributed by atoms with Gasteiger partial charge in [-0.3, -0.25) is 9.59 Å². The van der Waals surface area contributed by atoms with Crippen molar-refractivity contribution in [2.24, 2.45) is 7.05 Å². The molecular weight excluding hydrogens is 414 g/mol. The van der Waals surface area contributed by atoms with E-state index in [0.717, 1.165) is 16.8 Å². The van der Waals surface area contributed by atoms with Crippen LogP contribution in [0.3, 0.4) is 0 Å². The average molecular weight is 440 g/mol. The third kappa shape index (κ3) is 6.08. The summed E-state index contributed by atoms with van der Waals surface area (Å²) in [6.45, 7) is 3.98. The number of rotatable bonds is 8. The van der Waals surface area contributed by atoms with E-state index >= 15 is 0 Å². The first kappa shape index (κ1) is 22.4. The lowest BCUT2D eigenvalue weighted by Gasteiger charge is -2.10. The number of ether oxygens (including phenoxy) is 1. The monoisotopic (exact) mass is 439 g/mol. The van der Waals surface area contributed by atoms with Crippen LogP contribution >= 0.6 is 11.8 Å². The van der Waals surface area contributed by atoms with Crippen molar-refractivity contribution in [2.45, 2.75) is 25.4 Å². The molecule has 1 aromatic heterocycles. The molecule has 2 N–H and O–H groups in total. The molecule has 0 fully saturated rings. The average Bonchev–Trinajstić information content (AvgIpc) is 3.05. The molecule has 0 atom stereocenters. The molecule has 1 heterocycles. The number of benzene rings is 2. The van der Waals surface area contributed by atoms with Crippen LogP contribution in [0.25, 0.3) is 0 Å². The number of methoxy groups -OCH3 is 1. The molecule has 0 saturated heterocycles. The minimum Gasteiger partial charge on any atom is -0.495 e. The fourth-order valence-corrected chi connectivity index (χ4v) is 3.81. The van der Waals surface area contributed by atoms with Crippen LogP contribution < -0.4 is 15.4 Å². The fourth-order valence-electron chi connectivity index (χ4n) is 3.08. The largest absolute Gasteiger partial charge is 0.495 e. The molecule has 2 aromatic carbocycles. The van der Waals surface area contributed by atoms with E-state index < -0.39 is 0 Å². The second-order valence-corrected chi connectivity index (χ2v) is 8.04. The second kappa shape index (κ2) is 10.1. The van der Waals surface area contributed by atoms with Gasteiger partial charge in [-0.15, -0.1) is 10.2 Å². The molecule has 9 heteroatoms. The van der Waals surface area contributed by atoms with Gasteiger partial charge in [0, 0.05) is 12.7 Å².